The SMILES string of the molecule is CC.CCN1CCCc2c1ccc[n+]2CC. The fourth-order valence-electron chi connectivity index (χ4n) is 2.31. The maximum atomic E-state index is 2.48. The molecule has 0 aromatic carbocycles. The van der Waals surface area contributed by atoms with Gasteiger partial charge in [-0.05, 0) is 26.3 Å². The highest BCUT2D eigenvalue weighted by atomic mass is 15.2. The molecule has 0 saturated carbocycles. The minimum Gasteiger partial charge on any atom is -0.367 e. The van der Waals surface area contributed by atoms with Gasteiger partial charge in [0, 0.05) is 25.6 Å². The van der Waals surface area contributed by atoms with Crippen LogP contribution in [0.25, 0.3) is 0 Å². The Labute approximate surface area is 99.9 Å². The van der Waals surface area contributed by atoms with E-state index < -0.39 is 0 Å². The number of aromatic nitrogens is 1. The number of rotatable bonds is 2. The summed E-state index contributed by atoms with van der Waals surface area (Å²) >= 11 is 0. The summed E-state index contributed by atoms with van der Waals surface area (Å²) < 4.78 is 2.37. The van der Waals surface area contributed by atoms with E-state index in [-0.39, 0.29) is 0 Å². The Balaban J connectivity index is 0.000000606. The van der Waals surface area contributed by atoms with Crippen LogP contribution in [0.5, 0.6) is 0 Å². The van der Waals surface area contributed by atoms with Crippen molar-refractivity contribution in [3.8, 4) is 0 Å². The van der Waals surface area contributed by atoms with Crippen LogP contribution >= 0.6 is 0 Å². The van der Waals surface area contributed by atoms with Gasteiger partial charge in [0.2, 0.25) is 5.69 Å². The van der Waals surface area contributed by atoms with Gasteiger partial charge in [0.05, 0.1) is 0 Å². The lowest BCUT2D eigenvalue weighted by molar-refractivity contribution is -0.700. The summed E-state index contributed by atoms with van der Waals surface area (Å²) in [6, 6.07) is 4.42. The molecule has 0 N–H and O–H groups in total. The normalized spacial score (nSPS) is 13.9. The van der Waals surface area contributed by atoms with E-state index in [1.54, 1.807) is 0 Å². The van der Waals surface area contributed by atoms with Crippen molar-refractivity contribution in [1.29, 1.82) is 0 Å². The molecule has 2 nitrogen and oxygen atoms in total. The number of nitrogens with zero attached hydrogens (tertiary/aromatic N) is 2. The van der Waals surface area contributed by atoms with E-state index in [2.05, 4.69) is 41.6 Å². The van der Waals surface area contributed by atoms with Crippen LogP contribution in [-0.2, 0) is 13.0 Å². The number of hydrogen-bond acceptors (Lipinski definition) is 1. The maximum Gasteiger partial charge on any atom is 0.204 e. The van der Waals surface area contributed by atoms with Crippen LogP contribution < -0.4 is 9.47 Å². The summed E-state index contributed by atoms with van der Waals surface area (Å²) in [4.78, 5) is 2.48. The van der Waals surface area contributed by atoms with Gasteiger partial charge >= 0.3 is 0 Å². The van der Waals surface area contributed by atoms with Crippen LogP contribution in [-0.4, -0.2) is 13.1 Å². The molecule has 0 saturated heterocycles. The zero-order valence-corrected chi connectivity index (χ0v) is 11.2. The number of fused-ring (bicyclic) bond motifs is 1. The lowest BCUT2D eigenvalue weighted by atomic mass is 10.1. The molecule has 2 rings (SSSR count). The molecule has 2 heteroatoms. The first-order valence-electron chi connectivity index (χ1n) is 6.63. The number of aryl methyl sites for hydroxylation is 1. The molecule has 1 aromatic rings. The Morgan fingerprint density at radius 2 is 2.06 bits per heavy atom. The highest BCUT2D eigenvalue weighted by Gasteiger charge is 2.22. The largest absolute Gasteiger partial charge is 0.367 e. The fourth-order valence-corrected chi connectivity index (χ4v) is 2.31. The second kappa shape index (κ2) is 6.51. The summed E-state index contributed by atoms with van der Waals surface area (Å²) in [5, 5.41) is 0. The molecule has 0 spiro atoms. The lowest BCUT2D eigenvalue weighted by Gasteiger charge is -2.27. The zero-order valence-electron chi connectivity index (χ0n) is 11.2. The van der Waals surface area contributed by atoms with Gasteiger partial charge in [0.15, 0.2) is 6.20 Å². The summed E-state index contributed by atoms with van der Waals surface area (Å²) in [5.41, 5.74) is 2.96. The summed E-state index contributed by atoms with van der Waals surface area (Å²) in [6.45, 7) is 11.9. The van der Waals surface area contributed by atoms with Gasteiger partial charge in [0.1, 0.15) is 12.2 Å². The number of pyridine rings is 1. The van der Waals surface area contributed by atoms with Crippen molar-refractivity contribution in [3.63, 3.8) is 0 Å². The summed E-state index contributed by atoms with van der Waals surface area (Å²) in [7, 11) is 0. The molecule has 0 fully saturated rings. The molecular formula is C14H25N2+. The van der Waals surface area contributed by atoms with Gasteiger partial charge in [-0.15, -0.1) is 0 Å². The Morgan fingerprint density at radius 3 is 2.69 bits per heavy atom. The van der Waals surface area contributed by atoms with E-state index in [9.17, 15) is 0 Å². The Hall–Kier alpha value is -1.05. The molecule has 0 radical (unpaired) electrons. The van der Waals surface area contributed by atoms with Crippen LogP contribution in [0.1, 0.15) is 39.8 Å². The fraction of sp³-hybridized carbons (Fsp3) is 0.643. The molecule has 1 aromatic heterocycles. The van der Waals surface area contributed by atoms with E-state index in [0.29, 0.717) is 0 Å². The van der Waals surface area contributed by atoms with Crippen molar-refractivity contribution in [2.75, 3.05) is 18.0 Å². The van der Waals surface area contributed by atoms with Crippen LogP contribution in [0.4, 0.5) is 5.69 Å². The quantitative estimate of drug-likeness (QED) is 0.697. The second-order valence-corrected chi connectivity index (χ2v) is 3.81. The van der Waals surface area contributed by atoms with Crippen molar-refractivity contribution >= 4 is 5.69 Å². The highest BCUT2D eigenvalue weighted by molar-refractivity contribution is 5.50. The van der Waals surface area contributed by atoms with E-state index in [4.69, 9.17) is 0 Å². The first-order chi connectivity index (χ1) is 7.86. The smallest absolute Gasteiger partial charge is 0.204 e. The summed E-state index contributed by atoms with van der Waals surface area (Å²) in [5.74, 6) is 0. The van der Waals surface area contributed by atoms with E-state index >= 15 is 0 Å². The first-order valence-corrected chi connectivity index (χ1v) is 6.63. The topological polar surface area (TPSA) is 7.12 Å². The summed E-state index contributed by atoms with van der Waals surface area (Å²) in [6.07, 6.45) is 4.73. The molecule has 1 aliphatic heterocycles. The average molecular weight is 221 g/mol. The second-order valence-electron chi connectivity index (χ2n) is 3.81. The van der Waals surface area contributed by atoms with E-state index in [1.807, 2.05) is 13.8 Å². The molecule has 0 atom stereocenters. The van der Waals surface area contributed by atoms with E-state index in [0.717, 1.165) is 13.1 Å². The van der Waals surface area contributed by atoms with Gasteiger partial charge < -0.3 is 4.90 Å². The average Bonchev–Trinajstić information content (AvgIpc) is 2.39. The molecule has 0 amide bonds. The van der Waals surface area contributed by atoms with Crippen molar-refractivity contribution < 1.29 is 4.57 Å². The molecule has 0 aliphatic carbocycles. The van der Waals surface area contributed by atoms with Crippen LogP contribution in [0.3, 0.4) is 0 Å². The first kappa shape index (κ1) is 13.0. The third kappa shape index (κ3) is 2.55. The minimum atomic E-state index is 1.08. The Morgan fingerprint density at radius 1 is 1.31 bits per heavy atom. The predicted molar refractivity (Wildman–Crippen MR) is 69.9 cm³/mol. The van der Waals surface area contributed by atoms with Crippen molar-refractivity contribution in [2.24, 2.45) is 0 Å². The van der Waals surface area contributed by atoms with Gasteiger partial charge in [0.25, 0.3) is 0 Å². The predicted octanol–water partition coefficient (Wildman–Crippen LogP) is 2.79. The van der Waals surface area contributed by atoms with Gasteiger partial charge in [-0.25, -0.2) is 4.57 Å². The van der Waals surface area contributed by atoms with Crippen LogP contribution in [0.2, 0.25) is 0 Å². The molecular weight excluding hydrogens is 196 g/mol. The van der Waals surface area contributed by atoms with Crippen molar-refractivity contribution in [1.82, 2.24) is 0 Å². The number of anilines is 1. The molecule has 0 unspecified atom stereocenters. The van der Waals surface area contributed by atoms with Gasteiger partial charge in [-0.1, -0.05) is 13.8 Å². The molecule has 1 aliphatic rings. The third-order valence-electron chi connectivity index (χ3n) is 3.07. The van der Waals surface area contributed by atoms with Crippen molar-refractivity contribution in [2.45, 2.75) is 47.1 Å². The maximum absolute atomic E-state index is 2.48. The standard InChI is InChI=1S/C12H19N2.C2H6/c1-3-13-9-5-8-12-11(13)7-6-10-14(12)4-2;1-2/h5,8-9H,3-4,6-7,10H2,1-2H3;1-2H3/q+1;. The minimum absolute atomic E-state index is 1.08. The highest BCUT2D eigenvalue weighted by Crippen LogP contribution is 2.23. The lowest BCUT2D eigenvalue weighted by Crippen LogP contribution is -2.42. The van der Waals surface area contributed by atoms with Crippen LogP contribution in [0, 0.1) is 0 Å². The van der Waals surface area contributed by atoms with Crippen LogP contribution in [0.15, 0.2) is 18.3 Å². The molecule has 90 valence electrons. The Bertz CT molecular complexity index is 321. The van der Waals surface area contributed by atoms with Gasteiger partial charge in [-0.2, -0.15) is 0 Å². The zero-order chi connectivity index (χ0) is 12.0. The third-order valence-corrected chi connectivity index (χ3v) is 3.07. The van der Waals surface area contributed by atoms with Gasteiger partial charge in [-0.3, -0.25) is 0 Å². The monoisotopic (exact) mass is 221 g/mol. The number of hydrogen-bond donors (Lipinski definition) is 0. The van der Waals surface area contributed by atoms with E-state index in [1.165, 1.54) is 30.8 Å². The van der Waals surface area contributed by atoms with Crippen molar-refractivity contribution in [3.05, 3.63) is 24.0 Å². The molecule has 0 bridgehead atoms. The Kier molecular flexibility index (Phi) is 5.30. The molecule has 16 heavy (non-hydrogen) atoms. The molecule has 2 heterocycles.